The van der Waals surface area contributed by atoms with E-state index in [1.54, 1.807) is 24.3 Å². The highest BCUT2D eigenvalue weighted by Gasteiger charge is 2.67. The molecule has 6 nitrogen and oxygen atoms in total. The second-order valence-electron chi connectivity index (χ2n) is 10.5. The molecule has 5 aliphatic rings. The van der Waals surface area contributed by atoms with E-state index in [0.29, 0.717) is 29.0 Å². The fourth-order valence-electron chi connectivity index (χ4n) is 6.61. The maximum absolute atomic E-state index is 13.1. The van der Waals surface area contributed by atoms with Crippen molar-refractivity contribution in [1.82, 2.24) is 4.90 Å². The zero-order chi connectivity index (χ0) is 25.1. The van der Waals surface area contributed by atoms with Gasteiger partial charge in [-0.15, -0.1) is 0 Å². The molecular formula is C31H26N2O4. The van der Waals surface area contributed by atoms with Crippen LogP contribution in [-0.2, 0) is 14.4 Å². The Kier molecular flexibility index (Phi) is 5.03. The molecule has 8 rings (SSSR count). The van der Waals surface area contributed by atoms with Crippen LogP contribution >= 0.6 is 0 Å². The first-order valence-corrected chi connectivity index (χ1v) is 12.8. The van der Waals surface area contributed by atoms with E-state index in [0.717, 1.165) is 17.5 Å². The smallest absolute Gasteiger partial charge is 0.244 e. The Morgan fingerprint density at radius 2 is 1.30 bits per heavy atom. The van der Waals surface area contributed by atoms with Crippen LogP contribution in [0.3, 0.4) is 0 Å². The van der Waals surface area contributed by atoms with Crippen molar-refractivity contribution in [3.63, 3.8) is 0 Å². The molecule has 0 spiro atoms. The molecule has 2 bridgehead atoms. The predicted octanol–water partition coefficient (Wildman–Crippen LogP) is 5.14. The Hall–Kier alpha value is -4.19. The number of amides is 3. The van der Waals surface area contributed by atoms with Gasteiger partial charge < -0.3 is 10.1 Å². The van der Waals surface area contributed by atoms with Gasteiger partial charge in [-0.25, -0.2) is 0 Å². The molecule has 3 aromatic carbocycles. The molecule has 3 aromatic rings. The Morgan fingerprint density at radius 3 is 1.89 bits per heavy atom. The Morgan fingerprint density at radius 1 is 0.757 bits per heavy atom. The van der Waals surface area contributed by atoms with E-state index < -0.39 is 0 Å². The summed E-state index contributed by atoms with van der Waals surface area (Å²) in [5, 5.41) is 2.81. The average Bonchev–Trinajstić information content (AvgIpc) is 3.72. The van der Waals surface area contributed by atoms with Crippen molar-refractivity contribution in [3.8, 4) is 22.6 Å². The third-order valence-corrected chi connectivity index (χ3v) is 8.39. The first-order chi connectivity index (χ1) is 18.1. The highest BCUT2D eigenvalue weighted by molar-refractivity contribution is 6.09. The molecular weight excluding hydrogens is 464 g/mol. The van der Waals surface area contributed by atoms with Gasteiger partial charge in [0.1, 0.15) is 18.0 Å². The number of anilines is 1. The summed E-state index contributed by atoms with van der Waals surface area (Å²) >= 11 is 0. The van der Waals surface area contributed by atoms with Crippen LogP contribution in [0.5, 0.6) is 11.5 Å². The summed E-state index contributed by atoms with van der Waals surface area (Å²) in [4.78, 5) is 40.1. The molecule has 0 radical (unpaired) electrons. The summed E-state index contributed by atoms with van der Waals surface area (Å²) in [6.07, 6.45) is 5.39. The maximum Gasteiger partial charge on any atom is 0.244 e. The zero-order valence-corrected chi connectivity index (χ0v) is 20.1. The van der Waals surface area contributed by atoms with E-state index in [1.807, 2.05) is 42.5 Å². The molecule has 1 heterocycles. The van der Waals surface area contributed by atoms with Gasteiger partial charge in [0.15, 0.2) is 0 Å². The van der Waals surface area contributed by atoms with Gasteiger partial charge in [-0.05, 0) is 77.6 Å². The van der Waals surface area contributed by atoms with Gasteiger partial charge in [-0.1, -0.05) is 54.6 Å². The molecule has 4 aliphatic carbocycles. The van der Waals surface area contributed by atoms with Crippen molar-refractivity contribution in [2.24, 2.45) is 35.5 Å². The summed E-state index contributed by atoms with van der Waals surface area (Å²) in [5.74, 6) is 1.46. The number of allylic oxidation sites excluding steroid dienone is 2. The normalized spacial score (nSPS) is 28.6. The SMILES string of the molecule is O=C(CN1C(=O)[C@@H]2[C@H]3C=C[C@@H]([C@@H]4C[C@@H]34)[C@@H]2C1=O)Nc1ccc(Oc2ccc(-c3ccccc3)cc2)cc1. The molecule has 184 valence electrons. The molecule has 6 heteroatoms. The van der Waals surface area contributed by atoms with Crippen molar-refractivity contribution in [2.75, 3.05) is 11.9 Å². The third kappa shape index (κ3) is 3.75. The second-order valence-corrected chi connectivity index (χ2v) is 10.5. The third-order valence-electron chi connectivity index (χ3n) is 8.39. The minimum Gasteiger partial charge on any atom is -0.457 e. The average molecular weight is 491 g/mol. The molecule has 1 aliphatic heterocycles. The van der Waals surface area contributed by atoms with Gasteiger partial charge in [-0.3, -0.25) is 19.3 Å². The minimum absolute atomic E-state index is 0.159. The monoisotopic (exact) mass is 490 g/mol. The number of nitrogens with zero attached hydrogens (tertiary/aromatic N) is 1. The highest BCUT2D eigenvalue weighted by atomic mass is 16.5. The number of hydrogen-bond acceptors (Lipinski definition) is 4. The van der Waals surface area contributed by atoms with Gasteiger partial charge in [0.05, 0.1) is 11.8 Å². The van der Waals surface area contributed by atoms with Gasteiger partial charge in [0.25, 0.3) is 0 Å². The number of hydrogen-bond donors (Lipinski definition) is 1. The van der Waals surface area contributed by atoms with Crippen molar-refractivity contribution in [1.29, 1.82) is 0 Å². The summed E-state index contributed by atoms with van der Waals surface area (Å²) in [6.45, 7) is -0.245. The number of carbonyl (C=O) groups is 3. The number of carbonyl (C=O) groups excluding carboxylic acids is 3. The fraction of sp³-hybridized carbons (Fsp3) is 0.258. The van der Waals surface area contributed by atoms with E-state index in [9.17, 15) is 14.4 Å². The van der Waals surface area contributed by atoms with Crippen LogP contribution in [0.4, 0.5) is 5.69 Å². The molecule has 37 heavy (non-hydrogen) atoms. The van der Waals surface area contributed by atoms with E-state index in [-0.39, 0.29) is 47.9 Å². The van der Waals surface area contributed by atoms with Gasteiger partial charge in [-0.2, -0.15) is 0 Å². The number of nitrogens with one attached hydrogen (secondary N) is 1. The van der Waals surface area contributed by atoms with Crippen LogP contribution in [0.1, 0.15) is 6.42 Å². The lowest BCUT2D eigenvalue weighted by Crippen LogP contribution is -2.40. The van der Waals surface area contributed by atoms with Crippen molar-refractivity contribution < 1.29 is 19.1 Å². The molecule has 0 unspecified atom stereocenters. The fourth-order valence-corrected chi connectivity index (χ4v) is 6.61. The van der Waals surface area contributed by atoms with Gasteiger partial charge in [0, 0.05) is 5.69 Å². The topological polar surface area (TPSA) is 75.7 Å². The lowest BCUT2D eigenvalue weighted by Gasteiger charge is -2.37. The Labute approximate surface area is 214 Å². The lowest BCUT2D eigenvalue weighted by atomic mass is 9.63. The first kappa shape index (κ1) is 22.0. The van der Waals surface area contributed by atoms with Gasteiger partial charge in [0.2, 0.25) is 17.7 Å². The standard InChI is InChI=1S/C31H26N2O4/c34-27(17-33-30(35)28-23-14-15-24(26-16-25(23)26)29(28)31(33)36)32-20-8-12-22(13-9-20)37-21-10-6-19(7-11-21)18-4-2-1-3-5-18/h1-15,23-26,28-29H,16-17H2,(H,32,34)/t23-,24-,25-,26-,28-,29+/m0/s1. The summed E-state index contributed by atoms with van der Waals surface area (Å²) in [6, 6.07) is 25.1. The van der Waals surface area contributed by atoms with Crippen LogP contribution in [0.25, 0.3) is 11.1 Å². The molecule has 0 aromatic heterocycles. The largest absolute Gasteiger partial charge is 0.457 e. The quantitative estimate of drug-likeness (QED) is 0.384. The summed E-state index contributed by atoms with van der Waals surface area (Å²) in [5.41, 5.74) is 2.84. The Bertz CT molecular complexity index is 1380. The molecule has 2 saturated carbocycles. The van der Waals surface area contributed by atoms with Crippen LogP contribution in [-0.4, -0.2) is 29.2 Å². The van der Waals surface area contributed by atoms with Crippen LogP contribution < -0.4 is 10.1 Å². The molecule has 3 amide bonds. The molecule has 3 fully saturated rings. The number of rotatable bonds is 6. The number of ether oxygens (including phenoxy) is 1. The number of imide groups is 1. The predicted molar refractivity (Wildman–Crippen MR) is 138 cm³/mol. The van der Waals surface area contributed by atoms with Crippen LogP contribution in [0, 0.1) is 35.5 Å². The highest BCUT2D eigenvalue weighted by Crippen LogP contribution is 2.65. The van der Waals surface area contributed by atoms with Gasteiger partial charge >= 0.3 is 0 Å². The number of likely N-dealkylation sites (tertiary alicyclic amines) is 1. The molecule has 1 N–H and O–H groups in total. The van der Waals surface area contributed by atoms with E-state index in [4.69, 9.17) is 4.74 Å². The Balaban J connectivity index is 0.966. The minimum atomic E-state index is -0.379. The van der Waals surface area contributed by atoms with Crippen molar-refractivity contribution in [3.05, 3.63) is 91.0 Å². The lowest BCUT2D eigenvalue weighted by molar-refractivity contribution is -0.142. The van der Waals surface area contributed by atoms with Crippen molar-refractivity contribution >= 4 is 23.4 Å². The zero-order valence-electron chi connectivity index (χ0n) is 20.1. The van der Waals surface area contributed by atoms with Crippen LogP contribution in [0.2, 0.25) is 0 Å². The van der Waals surface area contributed by atoms with Crippen LogP contribution in [0.15, 0.2) is 91.0 Å². The van der Waals surface area contributed by atoms with E-state index >= 15 is 0 Å². The van der Waals surface area contributed by atoms with Crippen molar-refractivity contribution in [2.45, 2.75) is 6.42 Å². The summed E-state index contributed by atoms with van der Waals surface area (Å²) < 4.78 is 5.94. The number of benzene rings is 3. The molecule has 1 saturated heterocycles. The maximum atomic E-state index is 13.1. The summed E-state index contributed by atoms with van der Waals surface area (Å²) in [7, 11) is 0. The van der Waals surface area contributed by atoms with E-state index in [2.05, 4.69) is 29.6 Å². The molecule has 6 atom stereocenters. The van der Waals surface area contributed by atoms with E-state index in [1.165, 1.54) is 4.90 Å². The first-order valence-electron chi connectivity index (χ1n) is 12.8. The second kappa shape index (κ2) is 8.44.